The van der Waals surface area contributed by atoms with Crippen molar-refractivity contribution in [1.29, 1.82) is 0 Å². The van der Waals surface area contributed by atoms with E-state index in [1.165, 1.54) is 0 Å². The molecule has 1 nitrogen and oxygen atoms in total. The summed E-state index contributed by atoms with van der Waals surface area (Å²) < 4.78 is 12.6. The summed E-state index contributed by atoms with van der Waals surface area (Å²) in [7, 11) is 0. The van der Waals surface area contributed by atoms with Crippen molar-refractivity contribution >= 4 is 0 Å². The molecule has 0 rings (SSSR count). The van der Waals surface area contributed by atoms with Gasteiger partial charge >= 0.3 is 0 Å². The molecule has 15 heavy (non-hydrogen) atoms. The maximum atomic E-state index is 12.6. The van der Waals surface area contributed by atoms with Crippen LogP contribution in [0.1, 0.15) is 34.6 Å². The Balaban J connectivity index is -0.000000318. The molecule has 2 heteroatoms. The van der Waals surface area contributed by atoms with Crippen molar-refractivity contribution in [2.24, 2.45) is 0 Å². The topological polar surface area (TPSA) is 3.24 Å². The molecule has 0 unspecified atom stereocenters. The first-order valence-corrected chi connectivity index (χ1v) is 5.19. The molecule has 0 saturated heterocycles. The molecule has 0 N–H and O–H groups in total. The summed E-state index contributed by atoms with van der Waals surface area (Å²) >= 11 is 0. The number of allylic oxidation sites excluding steroid dienone is 3. The molecule has 0 fully saturated rings. The van der Waals surface area contributed by atoms with Gasteiger partial charge in [0.05, 0.1) is 5.70 Å². The quantitative estimate of drug-likeness (QED) is 0.468. The predicted octanol–water partition coefficient (Wildman–Crippen LogP) is 5.01. The summed E-state index contributed by atoms with van der Waals surface area (Å²) in [6, 6.07) is 0. The Morgan fingerprint density at radius 2 is 1.53 bits per heavy atom. The highest BCUT2D eigenvalue weighted by molar-refractivity contribution is 5.27. The number of hydrogen-bond donors (Lipinski definition) is 0. The van der Waals surface area contributed by atoms with Crippen molar-refractivity contribution in [1.82, 2.24) is 5.12 Å². The summed E-state index contributed by atoms with van der Waals surface area (Å²) in [6.45, 7) is 20.0. The maximum absolute atomic E-state index is 12.6. The fraction of sp³-hybridized carbons (Fsp3) is 0.385. The van der Waals surface area contributed by atoms with Gasteiger partial charge in [-0.25, -0.2) is 0 Å². The first-order valence-electron chi connectivity index (χ1n) is 5.19. The lowest BCUT2D eigenvalue weighted by molar-refractivity contribution is 0.144. The fourth-order valence-corrected chi connectivity index (χ4v) is 0.552. The zero-order valence-electron chi connectivity index (χ0n) is 10.7. The van der Waals surface area contributed by atoms with E-state index in [0.717, 1.165) is 11.8 Å². The summed E-state index contributed by atoms with van der Waals surface area (Å²) in [5, 5.41) is 0.370. The van der Waals surface area contributed by atoms with Crippen molar-refractivity contribution in [3.8, 4) is 0 Å². The molecule has 0 atom stereocenters. The molecule has 88 valence electrons. The molecule has 0 spiro atoms. The van der Waals surface area contributed by atoms with E-state index in [1.54, 1.807) is 19.1 Å². The number of nitrogens with zero attached hydrogens (tertiary/aromatic N) is 1. The molecule has 0 aliphatic carbocycles. The number of halogens is 1. The highest BCUT2D eigenvalue weighted by Gasteiger charge is 2.01. The van der Waals surface area contributed by atoms with Gasteiger partial charge in [-0.05, 0) is 12.5 Å². The molecule has 0 aromatic rings. The van der Waals surface area contributed by atoms with Crippen molar-refractivity contribution in [3.63, 3.8) is 0 Å². The van der Waals surface area contributed by atoms with Crippen LogP contribution < -0.4 is 0 Å². The summed E-state index contributed by atoms with van der Waals surface area (Å²) in [5.41, 5.74) is 1.00. The lowest BCUT2D eigenvalue weighted by Crippen LogP contribution is -2.03. The SMILES string of the molecule is C=C/C=C(\C)C(=C)N(F)C=C.CC.CC. The summed E-state index contributed by atoms with van der Waals surface area (Å²) in [6.07, 6.45) is 4.32. The fourth-order valence-electron chi connectivity index (χ4n) is 0.552. The van der Waals surface area contributed by atoms with Crippen LogP contribution >= 0.6 is 0 Å². The third-order valence-electron chi connectivity index (χ3n) is 1.24. The minimum absolute atomic E-state index is 0.278. The Morgan fingerprint density at radius 3 is 1.80 bits per heavy atom. The second kappa shape index (κ2) is 15.2. The van der Waals surface area contributed by atoms with Gasteiger partial charge in [0, 0.05) is 6.20 Å². The lowest BCUT2D eigenvalue weighted by atomic mass is 10.2. The van der Waals surface area contributed by atoms with Crippen molar-refractivity contribution in [2.75, 3.05) is 0 Å². The molecule has 0 amide bonds. The van der Waals surface area contributed by atoms with Crippen molar-refractivity contribution in [2.45, 2.75) is 34.6 Å². The first kappa shape index (κ1) is 19.3. The van der Waals surface area contributed by atoms with Crippen LogP contribution in [-0.2, 0) is 0 Å². The zero-order chi connectivity index (χ0) is 12.9. The standard InChI is InChI=1S/C9H12FN.2C2H6/c1-5-7-8(3)9(4)11(10)6-2;2*1-2/h5-7H,1-2,4H2,3H3;2*1-2H3/b8-7+;;. The molecular formula is C13H24FN. The molecule has 0 saturated carbocycles. The van der Waals surface area contributed by atoms with E-state index in [4.69, 9.17) is 0 Å². The second-order valence-corrected chi connectivity index (χ2v) is 2.03. The van der Waals surface area contributed by atoms with Crippen LogP contribution in [-0.4, -0.2) is 5.12 Å². The molecule has 0 radical (unpaired) electrons. The van der Waals surface area contributed by atoms with E-state index < -0.39 is 0 Å². The van der Waals surface area contributed by atoms with Gasteiger partial charge in [0.15, 0.2) is 0 Å². The van der Waals surface area contributed by atoms with Crippen LogP contribution in [0.2, 0.25) is 0 Å². The molecule has 0 bridgehead atoms. The predicted molar refractivity (Wildman–Crippen MR) is 68.9 cm³/mol. The minimum Gasteiger partial charge on any atom is -0.188 e. The van der Waals surface area contributed by atoms with E-state index in [2.05, 4.69) is 19.7 Å². The van der Waals surface area contributed by atoms with Gasteiger partial charge < -0.3 is 0 Å². The largest absolute Gasteiger partial charge is 0.188 e. The summed E-state index contributed by atoms with van der Waals surface area (Å²) in [5.74, 6) is 0. The Bertz CT molecular complexity index is 205. The monoisotopic (exact) mass is 213 g/mol. The number of rotatable bonds is 4. The normalized spacial score (nSPS) is 8.53. The van der Waals surface area contributed by atoms with Gasteiger partial charge in [-0.15, -0.1) is 0 Å². The molecule has 0 heterocycles. The van der Waals surface area contributed by atoms with Gasteiger partial charge in [-0.2, -0.15) is 5.12 Å². The summed E-state index contributed by atoms with van der Waals surface area (Å²) in [4.78, 5) is 0. The number of hydrogen-bond acceptors (Lipinski definition) is 1. The van der Waals surface area contributed by atoms with Gasteiger partial charge in [0.25, 0.3) is 0 Å². The zero-order valence-corrected chi connectivity index (χ0v) is 10.7. The van der Waals surface area contributed by atoms with E-state index in [0.29, 0.717) is 5.12 Å². The minimum atomic E-state index is 0.278. The van der Waals surface area contributed by atoms with Crippen LogP contribution in [0, 0.1) is 0 Å². The molecular weight excluding hydrogens is 189 g/mol. The van der Waals surface area contributed by atoms with E-state index in [-0.39, 0.29) is 5.70 Å². The molecule has 0 aromatic heterocycles. The highest BCUT2D eigenvalue weighted by atomic mass is 19.2. The first-order chi connectivity index (χ1) is 7.13. The third kappa shape index (κ3) is 10.6. The third-order valence-corrected chi connectivity index (χ3v) is 1.24. The van der Waals surface area contributed by atoms with Crippen LogP contribution in [0.5, 0.6) is 0 Å². The average Bonchev–Trinajstić information content (AvgIpc) is 2.32. The Labute approximate surface area is 94.2 Å². The van der Waals surface area contributed by atoms with E-state index in [9.17, 15) is 4.48 Å². The van der Waals surface area contributed by atoms with E-state index >= 15 is 0 Å². The lowest BCUT2D eigenvalue weighted by Gasteiger charge is -2.10. The van der Waals surface area contributed by atoms with Gasteiger partial charge in [0.2, 0.25) is 0 Å². The maximum Gasteiger partial charge on any atom is 0.0696 e. The van der Waals surface area contributed by atoms with Crippen LogP contribution in [0.3, 0.4) is 0 Å². The van der Waals surface area contributed by atoms with Crippen LogP contribution in [0.15, 0.2) is 49.4 Å². The highest BCUT2D eigenvalue weighted by Crippen LogP contribution is 2.12. The Morgan fingerprint density at radius 1 is 1.13 bits per heavy atom. The molecule has 0 aromatic carbocycles. The van der Waals surface area contributed by atoms with Crippen LogP contribution in [0.25, 0.3) is 0 Å². The van der Waals surface area contributed by atoms with Gasteiger partial charge in [-0.1, -0.05) is 64.1 Å². The molecule has 0 aliphatic rings. The second-order valence-electron chi connectivity index (χ2n) is 2.03. The average molecular weight is 213 g/mol. The van der Waals surface area contributed by atoms with E-state index in [1.807, 2.05) is 27.7 Å². The van der Waals surface area contributed by atoms with Crippen molar-refractivity contribution in [3.05, 3.63) is 49.4 Å². The molecule has 0 aliphatic heterocycles. The Kier molecular flexibility index (Phi) is 19.5. The van der Waals surface area contributed by atoms with Crippen molar-refractivity contribution < 1.29 is 4.48 Å². The smallest absolute Gasteiger partial charge is 0.0696 e. The van der Waals surface area contributed by atoms with Crippen LogP contribution in [0.4, 0.5) is 4.48 Å². The van der Waals surface area contributed by atoms with Gasteiger partial charge in [0.1, 0.15) is 0 Å². The van der Waals surface area contributed by atoms with Gasteiger partial charge in [-0.3, -0.25) is 0 Å². The Hall–Kier alpha value is -1.31.